The zero-order valence-corrected chi connectivity index (χ0v) is 10.2. The highest BCUT2D eigenvalue weighted by atomic mass is 16.6. The van der Waals surface area contributed by atoms with Crippen LogP contribution >= 0.6 is 0 Å². The lowest BCUT2D eigenvalue weighted by molar-refractivity contribution is -0.385. The molecular formula is C12H18N2O3. The van der Waals surface area contributed by atoms with Crippen molar-refractivity contribution < 1.29 is 10.0 Å². The Morgan fingerprint density at radius 3 is 2.59 bits per heavy atom. The molecule has 1 aromatic rings. The van der Waals surface area contributed by atoms with Crippen LogP contribution in [-0.2, 0) is 0 Å². The lowest BCUT2D eigenvalue weighted by atomic mass is 10.2. The first-order chi connectivity index (χ1) is 8.10. The predicted molar refractivity (Wildman–Crippen MR) is 67.6 cm³/mol. The SMILES string of the molecule is CCCCN(CC)c1ccc([N+](=O)[O-])c(O)c1. The van der Waals surface area contributed by atoms with Crippen molar-refractivity contribution in [3.05, 3.63) is 28.3 Å². The van der Waals surface area contributed by atoms with Crippen LogP contribution in [0.3, 0.4) is 0 Å². The number of nitro benzene ring substituents is 1. The second-order valence-electron chi connectivity index (χ2n) is 3.86. The maximum Gasteiger partial charge on any atom is 0.310 e. The monoisotopic (exact) mass is 238 g/mol. The van der Waals surface area contributed by atoms with Crippen LogP contribution in [0.15, 0.2) is 18.2 Å². The number of phenolic OH excluding ortho intramolecular Hbond substituents is 1. The van der Waals surface area contributed by atoms with Gasteiger partial charge in [0.1, 0.15) is 0 Å². The van der Waals surface area contributed by atoms with E-state index in [0.717, 1.165) is 31.6 Å². The van der Waals surface area contributed by atoms with Crippen LogP contribution in [0.25, 0.3) is 0 Å². The molecular weight excluding hydrogens is 220 g/mol. The van der Waals surface area contributed by atoms with E-state index in [1.807, 2.05) is 6.92 Å². The third-order valence-corrected chi connectivity index (χ3v) is 2.68. The number of hydrogen-bond acceptors (Lipinski definition) is 4. The van der Waals surface area contributed by atoms with Gasteiger partial charge in [0.2, 0.25) is 0 Å². The van der Waals surface area contributed by atoms with Crippen LogP contribution < -0.4 is 4.90 Å². The summed E-state index contributed by atoms with van der Waals surface area (Å²) in [6.07, 6.45) is 2.15. The van der Waals surface area contributed by atoms with Crippen LogP contribution in [0.4, 0.5) is 11.4 Å². The summed E-state index contributed by atoms with van der Waals surface area (Å²) < 4.78 is 0. The molecule has 5 nitrogen and oxygen atoms in total. The quantitative estimate of drug-likeness (QED) is 0.611. The Kier molecular flexibility index (Phi) is 4.75. The molecule has 0 unspecified atom stereocenters. The van der Waals surface area contributed by atoms with Gasteiger partial charge in [0.25, 0.3) is 0 Å². The van der Waals surface area contributed by atoms with Crippen molar-refractivity contribution in [2.45, 2.75) is 26.7 Å². The molecule has 0 spiro atoms. The van der Waals surface area contributed by atoms with Crippen molar-refractivity contribution in [3.8, 4) is 5.75 Å². The summed E-state index contributed by atoms with van der Waals surface area (Å²) in [5.41, 5.74) is 0.573. The Hall–Kier alpha value is -1.78. The fourth-order valence-electron chi connectivity index (χ4n) is 1.68. The van der Waals surface area contributed by atoms with Gasteiger partial charge in [-0.25, -0.2) is 0 Å². The molecule has 5 heteroatoms. The molecule has 0 fully saturated rings. The average Bonchev–Trinajstić information content (AvgIpc) is 2.29. The molecule has 17 heavy (non-hydrogen) atoms. The molecule has 0 heterocycles. The third-order valence-electron chi connectivity index (χ3n) is 2.68. The van der Waals surface area contributed by atoms with Crippen LogP contribution in [0.1, 0.15) is 26.7 Å². The van der Waals surface area contributed by atoms with Gasteiger partial charge >= 0.3 is 5.69 Å². The van der Waals surface area contributed by atoms with E-state index in [-0.39, 0.29) is 11.4 Å². The fraction of sp³-hybridized carbons (Fsp3) is 0.500. The van der Waals surface area contributed by atoms with Crippen LogP contribution in [-0.4, -0.2) is 23.1 Å². The van der Waals surface area contributed by atoms with Gasteiger partial charge in [-0.2, -0.15) is 0 Å². The Balaban J connectivity index is 2.90. The summed E-state index contributed by atoms with van der Waals surface area (Å²) in [6.45, 7) is 5.84. The summed E-state index contributed by atoms with van der Waals surface area (Å²) in [7, 11) is 0. The van der Waals surface area contributed by atoms with Gasteiger partial charge in [-0.3, -0.25) is 10.1 Å². The fourth-order valence-corrected chi connectivity index (χ4v) is 1.68. The van der Waals surface area contributed by atoms with Gasteiger partial charge in [-0.15, -0.1) is 0 Å². The van der Waals surface area contributed by atoms with Crippen molar-refractivity contribution in [1.82, 2.24) is 0 Å². The highest BCUT2D eigenvalue weighted by molar-refractivity contribution is 5.58. The number of phenols is 1. The lowest BCUT2D eigenvalue weighted by Gasteiger charge is -2.22. The van der Waals surface area contributed by atoms with E-state index in [1.54, 1.807) is 6.07 Å². The smallest absolute Gasteiger partial charge is 0.310 e. The minimum Gasteiger partial charge on any atom is -0.502 e. The van der Waals surface area contributed by atoms with E-state index in [1.165, 1.54) is 12.1 Å². The molecule has 0 radical (unpaired) electrons. The number of unbranched alkanes of at least 4 members (excludes halogenated alkanes) is 1. The first-order valence-electron chi connectivity index (χ1n) is 5.82. The minimum absolute atomic E-state index is 0.250. The van der Waals surface area contributed by atoms with E-state index in [4.69, 9.17) is 0 Å². The summed E-state index contributed by atoms with van der Waals surface area (Å²) in [5.74, 6) is -0.276. The zero-order chi connectivity index (χ0) is 12.8. The van der Waals surface area contributed by atoms with Crippen LogP contribution in [0.5, 0.6) is 5.75 Å². The summed E-state index contributed by atoms with van der Waals surface area (Å²) >= 11 is 0. The first kappa shape index (κ1) is 13.3. The van der Waals surface area contributed by atoms with Crippen molar-refractivity contribution in [1.29, 1.82) is 0 Å². The maximum atomic E-state index is 10.6. The number of aromatic hydroxyl groups is 1. The van der Waals surface area contributed by atoms with Gasteiger partial charge in [0.15, 0.2) is 5.75 Å². The molecule has 94 valence electrons. The molecule has 0 bridgehead atoms. The van der Waals surface area contributed by atoms with E-state index in [9.17, 15) is 15.2 Å². The molecule has 1 rings (SSSR count). The number of anilines is 1. The highest BCUT2D eigenvalue weighted by Gasteiger charge is 2.14. The average molecular weight is 238 g/mol. The Morgan fingerprint density at radius 1 is 1.41 bits per heavy atom. The van der Waals surface area contributed by atoms with Gasteiger partial charge in [0, 0.05) is 30.9 Å². The zero-order valence-electron chi connectivity index (χ0n) is 10.2. The van der Waals surface area contributed by atoms with E-state index in [2.05, 4.69) is 11.8 Å². The molecule has 0 amide bonds. The molecule has 0 saturated heterocycles. The van der Waals surface area contributed by atoms with Crippen LogP contribution in [0.2, 0.25) is 0 Å². The minimum atomic E-state index is -0.582. The number of hydrogen-bond donors (Lipinski definition) is 1. The Labute approximate surface area is 101 Å². The first-order valence-corrected chi connectivity index (χ1v) is 5.82. The molecule has 0 aliphatic rings. The largest absolute Gasteiger partial charge is 0.502 e. The number of rotatable bonds is 6. The highest BCUT2D eigenvalue weighted by Crippen LogP contribution is 2.30. The standard InChI is InChI=1S/C12H18N2O3/c1-3-5-8-13(4-2)10-6-7-11(14(16)17)12(15)9-10/h6-7,9,15H,3-5,8H2,1-2H3. The number of benzene rings is 1. The third kappa shape index (κ3) is 3.34. The molecule has 0 aliphatic heterocycles. The number of nitro groups is 1. The van der Waals surface area contributed by atoms with Crippen LogP contribution in [0, 0.1) is 10.1 Å². The normalized spacial score (nSPS) is 10.2. The van der Waals surface area contributed by atoms with Crippen molar-refractivity contribution in [2.24, 2.45) is 0 Å². The van der Waals surface area contributed by atoms with Crippen molar-refractivity contribution in [3.63, 3.8) is 0 Å². The molecule has 0 aromatic heterocycles. The molecule has 1 N–H and O–H groups in total. The van der Waals surface area contributed by atoms with Gasteiger partial charge in [-0.05, 0) is 19.4 Å². The number of nitrogens with zero attached hydrogens (tertiary/aromatic N) is 2. The summed E-state index contributed by atoms with van der Waals surface area (Å²) in [5, 5.41) is 20.1. The second kappa shape index (κ2) is 6.08. The predicted octanol–water partition coefficient (Wildman–Crippen LogP) is 2.93. The van der Waals surface area contributed by atoms with E-state index in [0.29, 0.717) is 0 Å². The van der Waals surface area contributed by atoms with E-state index < -0.39 is 4.92 Å². The lowest BCUT2D eigenvalue weighted by Crippen LogP contribution is -2.23. The summed E-state index contributed by atoms with van der Waals surface area (Å²) in [6, 6.07) is 4.48. The van der Waals surface area contributed by atoms with Gasteiger partial charge in [-0.1, -0.05) is 13.3 Å². The van der Waals surface area contributed by atoms with Gasteiger partial charge < -0.3 is 10.0 Å². The maximum absolute atomic E-state index is 10.6. The Bertz CT molecular complexity index is 393. The van der Waals surface area contributed by atoms with Gasteiger partial charge in [0.05, 0.1) is 4.92 Å². The van der Waals surface area contributed by atoms with Crippen molar-refractivity contribution in [2.75, 3.05) is 18.0 Å². The molecule has 0 aliphatic carbocycles. The van der Waals surface area contributed by atoms with E-state index >= 15 is 0 Å². The Morgan fingerprint density at radius 2 is 2.12 bits per heavy atom. The second-order valence-corrected chi connectivity index (χ2v) is 3.86. The topological polar surface area (TPSA) is 66.6 Å². The summed E-state index contributed by atoms with van der Waals surface area (Å²) in [4.78, 5) is 12.1. The molecule has 0 saturated carbocycles. The molecule has 0 atom stereocenters. The van der Waals surface area contributed by atoms with Crippen molar-refractivity contribution >= 4 is 11.4 Å². The molecule has 1 aromatic carbocycles.